The van der Waals surface area contributed by atoms with Gasteiger partial charge in [0.15, 0.2) is 0 Å². The molecule has 0 bridgehead atoms. The number of aromatic nitrogens is 1. The lowest BCUT2D eigenvalue weighted by molar-refractivity contribution is -0.135. The summed E-state index contributed by atoms with van der Waals surface area (Å²) in [5, 5.41) is 9.37. The van der Waals surface area contributed by atoms with E-state index in [1.165, 1.54) is 0 Å². The SMILES string of the molecule is N#Cc1cc(N)c(Cc2ccccc2)n1CC(=O)N1CCOCC1. The van der Waals surface area contributed by atoms with Crippen LogP contribution in [0.15, 0.2) is 36.4 Å². The number of nitriles is 1. The van der Waals surface area contributed by atoms with Gasteiger partial charge in [0.2, 0.25) is 5.91 Å². The van der Waals surface area contributed by atoms with Gasteiger partial charge in [-0.25, -0.2) is 0 Å². The highest BCUT2D eigenvalue weighted by molar-refractivity contribution is 5.77. The normalized spacial score (nSPS) is 14.4. The first-order valence-electron chi connectivity index (χ1n) is 7.96. The molecule has 6 nitrogen and oxygen atoms in total. The number of ether oxygens (including phenoxy) is 1. The molecule has 0 spiro atoms. The Kier molecular flexibility index (Phi) is 4.82. The van der Waals surface area contributed by atoms with Gasteiger partial charge in [-0.15, -0.1) is 0 Å². The van der Waals surface area contributed by atoms with Gasteiger partial charge in [-0.1, -0.05) is 30.3 Å². The minimum absolute atomic E-state index is 0.0142. The van der Waals surface area contributed by atoms with Crippen molar-refractivity contribution in [3.8, 4) is 6.07 Å². The predicted molar refractivity (Wildman–Crippen MR) is 90.2 cm³/mol. The summed E-state index contributed by atoms with van der Waals surface area (Å²) in [5.41, 5.74) is 8.96. The summed E-state index contributed by atoms with van der Waals surface area (Å²) in [5.74, 6) is -0.0142. The zero-order valence-corrected chi connectivity index (χ0v) is 13.4. The Morgan fingerprint density at radius 2 is 1.96 bits per heavy atom. The van der Waals surface area contributed by atoms with Crippen molar-refractivity contribution in [3.63, 3.8) is 0 Å². The fraction of sp³-hybridized carbons (Fsp3) is 0.333. The number of anilines is 1. The molecule has 0 radical (unpaired) electrons. The Morgan fingerprint density at radius 3 is 2.62 bits per heavy atom. The van der Waals surface area contributed by atoms with Gasteiger partial charge in [0, 0.05) is 25.2 Å². The molecule has 0 atom stereocenters. The third-order valence-corrected chi connectivity index (χ3v) is 4.23. The number of hydrogen-bond donors (Lipinski definition) is 1. The molecule has 1 aliphatic heterocycles. The molecule has 1 aromatic carbocycles. The predicted octanol–water partition coefficient (Wildman–Crippen LogP) is 1.39. The van der Waals surface area contributed by atoms with Gasteiger partial charge >= 0.3 is 0 Å². The monoisotopic (exact) mass is 324 g/mol. The van der Waals surface area contributed by atoms with Crippen LogP contribution in [0.4, 0.5) is 5.69 Å². The van der Waals surface area contributed by atoms with Gasteiger partial charge < -0.3 is 19.9 Å². The summed E-state index contributed by atoms with van der Waals surface area (Å²) in [4.78, 5) is 14.3. The van der Waals surface area contributed by atoms with Crippen LogP contribution in [0.25, 0.3) is 0 Å². The van der Waals surface area contributed by atoms with E-state index in [-0.39, 0.29) is 12.5 Å². The average Bonchev–Trinajstić information content (AvgIpc) is 2.92. The van der Waals surface area contributed by atoms with Gasteiger partial charge in [0.05, 0.1) is 18.9 Å². The Balaban J connectivity index is 1.85. The van der Waals surface area contributed by atoms with Crippen molar-refractivity contribution in [1.82, 2.24) is 9.47 Å². The third-order valence-electron chi connectivity index (χ3n) is 4.23. The third kappa shape index (κ3) is 3.42. The number of rotatable bonds is 4. The van der Waals surface area contributed by atoms with Crippen molar-refractivity contribution in [2.24, 2.45) is 0 Å². The smallest absolute Gasteiger partial charge is 0.242 e. The number of amides is 1. The van der Waals surface area contributed by atoms with Crippen molar-refractivity contribution in [1.29, 1.82) is 5.26 Å². The molecule has 124 valence electrons. The standard InChI is InChI=1S/C18H20N4O2/c19-12-15-11-16(20)17(10-14-4-2-1-3-5-14)22(15)13-18(23)21-6-8-24-9-7-21/h1-5,11H,6-10,13,20H2. The minimum atomic E-state index is -0.0142. The summed E-state index contributed by atoms with van der Waals surface area (Å²) in [7, 11) is 0. The minimum Gasteiger partial charge on any atom is -0.397 e. The van der Waals surface area contributed by atoms with E-state index >= 15 is 0 Å². The Labute approximate surface area is 141 Å². The van der Waals surface area contributed by atoms with Gasteiger partial charge in [-0.2, -0.15) is 5.26 Å². The zero-order valence-electron chi connectivity index (χ0n) is 13.4. The molecule has 0 unspecified atom stereocenters. The van der Waals surface area contributed by atoms with Gasteiger partial charge in [0.25, 0.3) is 0 Å². The van der Waals surface area contributed by atoms with Gasteiger partial charge in [-0.3, -0.25) is 4.79 Å². The van der Waals surface area contributed by atoms with E-state index < -0.39 is 0 Å². The second kappa shape index (κ2) is 7.20. The lowest BCUT2D eigenvalue weighted by Gasteiger charge is -2.27. The summed E-state index contributed by atoms with van der Waals surface area (Å²) < 4.78 is 7.02. The van der Waals surface area contributed by atoms with Crippen molar-refractivity contribution in [2.75, 3.05) is 32.0 Å². The molecular weight excluding hydrogens is 304 g/mol. The number of nitrogens with zero attached hydrogens (tertiary/aromatic N) is 3. The first kappa shape index (κ1) is 16.1. The Bertz CT molecular complexity index is 755. The molecule has 0 saturated carbocycles. The second-order valence-electron chi connectivity index (χ2n) is 5.79. The number of nitrogen functional groups attached to an aromatic ring is 1. The van der Waals surface area contributed by atoms with E-state index in [1.54, 1.807) is 15.5 Å². The zero-order chi connectivity index (χ0) is 16.9. The topological polar surface area (TPSA) is 84.3 Å². The lowest BCUT2D eigenvalue weighted by atomic mass is 10.1. The summed E-state index contributed by atoms with van der Waals surface area (Å²) in [6.07, 6.45) is 0.588. The molecule has 1 amide bonds. The van der Waals surface area contributed by atoms with Crippen LogP contribution >= 0.6 is 0 Å². The largest absolute Gasteiger partial charge is 0.397 e. The molecule has 1 saturated heterocycles. The van der Waals surface area contributed by atoms with Crippen LogP contribution in [-0.4, -0.2) is 41.7 Å². The lowest BCUT2D eigenvalue weighted by Crippen LogP contribution is -2.42. The molecule has 2 N–H and O–H groups in total. The van der Waals surface area contributed by atoms with E-state index in [0.29, 0.717) is 44.1 Å². The molecule has 0 aliphatic carbocycles. The summed E-state index contributed by atoms with van der Waals surface area (Å²) in [6, 6.07) is 13.7. The van der Waals surface area contributed by atoms with Crippen LogP contribution in [0, 0.1) is 11.3 Å². The van der Waals surface area contributed by atoms with E-state index in [2.05, 4.69) is 6.07 Å². The molecule has 6 heteroatoms. The maximum Gasteiger partial charge on any atom is 0.242 e. The molecule has 3 rings (SSSR count). The van der Waals surface area contributed by atoms with Gasteiger partial charge in [0.1, 0.15) is 18.3 Å². The van der Waals surface area contributed by atoms with Crippen LogP contribution in [0.5, 0.6) is 0 Å². The Hall–Kier alpha value is -2.78. The van der Waals surface area contributed by atoms with E-state index in [0.717, 1.165) is 11.3 Å². The highest BCUT2D eigenvalue weighted by Gasteiger charge is 2.21. The number of hydrogen-bond acceptors (Lipinski definition) is 4. The molecule has 2 aromatic rings. The van der Waals surface area contributed by atoms with Gasteiger partial charge in [-0.05, 0) is 11.6 Å². The van der Waals surface area contributed by atoms with Crippen LogP contribution in [-0.2, 0) is 22.5 Å². The van der Waals surface area contributed by atoms with Crippen molar-refractivity contribution >= 4 is 11.6 Å². The molecule has 1 aliphatic rings. The van der Waals surface area contributed by atoms with Crippen LogP contribution in [0.1, 0.15) is 17.0 Å². The van der Waals surface area contributed by atoms with E-state index in [4.69, 9.17) is 10.5 Å². The number of carbonyl (C=O) groups is 1. The first-order valence-corrected chi connectivity index (χ1v) is 7.96. The second-order valence-corrected chi connectivity index (χ2v) is 5.79. The maximum absolute atomic E-state index is 12.5. The maximum atomic E-state index is 12.5. The summed E-state index contributed by atoms with van der Waals surface area (Å²) in [6.45, 7) is 2.42. The fourth-order valence-electron chi connectivity index (χ4n) is 2.92. The Morgan fingerprint density at radius 1 is 1.25 bits per heavy atom. The molecular formula is C18H20N4O2. The number of nitrogens with two attached hydrogens (primary N) is 1. The van der Waals surface area contributed by atoms with Crippen LogP contribution in [0.3, 0.4) is 0 Å². The number of benzene rings is 1. The quantitative estimate of drug-likeness (QED) is 0.921. The van der Waals surface area contributed by atoms with E-state index in [1.807, 2.05) is 30.3 Å². The van der Waals surface area contributed by atoms with Crippen molar-refractivity contribution in [3.05, 3.63) is 53.3 Å². The number of morpholine rings is 1. The fourth-order valence-corrected chi connectivity index (χ4v) is 2.92. The van der Waals surface area contributed by atoms with Crippen LogP contribution < -0.4 is 5.73 Å². The van der Waals surface area contributed by atoms with Crippen molar-refractivity contribution in [2.45, 2.75) is 13.0 Å². The number of carbonyl (C=O) groups excluding carboxylic acids is 1. The first-order chi connectivity index (χ1) is 11.7. The van der Waals surface area contributed by atoms with Crippen LogP contribution in [0.2, 0.25) is 0 Å². The molecule has 1 fully saturated rings. The summed E-state index contributed by atoms with van der Waals surface area (Å²) >= 11 is 0. The van der Waals surface area contributed by atoms with E-state index in [9.17, 15) is 10.1 Å². The molecule has 1 aromatic heterocycles. The molecule has 24 heavy (non-hydrogen) atoms. The average molecular weight is 324 g/mol. The highest BCUT2D eigenvalue weighted by atomic mass is 16.5. The van der Waals surface area contributed by atoms with Crippen molar-refractivity contribution < 1.29 is 9.53 Å². The highest BCUT2D eigenvalue weighted by Crippen LogP contribution is 2.22. The molecule has 2 heterocycles.